The molecule has 1 aliphatic heterocycles. The van der Waals surface area contributed by atoms with E-state index in [4.69, 9.17) is 5.11 Å². The molecule has 0 spiro atoms. The molecule has 7 nitrogen and oxygen atoms in total. The second-order valence-corrected chi connectivity index (χ2v) is 7.30. The first-order chi connectivity index (χ1) is 13.9. The minimum absolute atomic E-state index is 0.0870. The van der Waals surface area contributed by atoms with E-state index < -0.39 is 29.7 Å². The molecule has 1 fully saturated rings. The van der Waals surface area contributed by atoms with Crippen LogP contribution in [0.4, 0.5) is 20.6 Å². The summed E-state index contributed by atoms with van der Waals surface area (Å²) in [7, 11) is 0. The highest BCUT2D eigenvalue weighted by molar-refractivity contribution is 6.00. The summed E-state index contributed by atoms with van der Waals surface area (Å²) >= 11 is 0. The minimum atomic E-state index is -0.923. The van der Waals surface area contributed by atoms with Crippen molar-refractivity contribution in [3.63, 3.8) is 0 Å². The predicted octanol–water partition coefficient (Wildman–Crippen LogP) is 3.08. The number of hydrogen-bond acceptors (Lipinski definition) is 3. The zero-order valence-corrected chi connectivity index (χ0v) is 15.5. The lowest BCUT2D eigenvalue weighted by atomic mass is 9.97. The van der Waals surface area contributed by atoms with Crippen LogP contribution in [0.25, 0.3) is 0 Å². The fourth-order valence-electron chi connectivity index (χ4n) is 3.73. The summed E-state index contributed by atoms with van der Waals surface area (Å²) in [6.45, 7) is 0.837. The third kappa shape index (κ3) is 3.91. The second-order valence-electron chi connectivity index (χ2n) is 7.30. The van der Waals surface area contributed by atoms with E-state index in [2.05, 4.69) is 10.6 Å². The number of urea groups is 1. The van der Waals surface area contributed by atoms with Gasteiger partial charge in [-0.25, -0.2) is 9.18 Å². The predicted molar refractivity (Wildman–Crippen MR) is 104 cm³/mol. The van der Waals surface area contributed by atoms with E-state index in [1.54, 1.807) is 29.2 Å². The fourth-order valence-corrected chi connectivity index (χ4v) is 3.73. The molecule has 150 valence electrons. The number of benzene rings is 2. The smallest absolute Gasteiger partial charge is 0.323 e. The van der Waals surface area contributed by atoms with Gasteiger partial charge in [-0.15, -0.1) is 0 Å². The summed E-state index contributed by atoms with van der Waals surface area (Å²) < 4.78 is 13.7. The van der Waals surface area contributed by atoms with Crippen LogP contribution in [0.15, 0.2) is 42.5 Å². The molecule has 3 amide bonds. The van der Waals surface area contributed by atoms with Gasteiger partial charge in [0, 0.05) is 18.8 Å². The number of carbonyl (C=O) groups is 3. The Hall–Kier alpha value is -3.42. The van der Waals surface area contributed by atoms with Crippen LogP contribution in [-0.2, 0) is 22.6 Å². The van der Waals surface area contributed by atoms with Gasteiger partial charge in [-0.3, -0.25) is 9.59 Å². The van der Waals surface area contributed by atoms with Crippen LogP contribution in [0.3, 0.4) is 0 Å². The number of anilines is 2. The second kappa shape index (κ2) is 7.54. The first kappa shape index (κ1) is 18.9. The number of amides is 3. The first-order valence-electron chi connectivity index (χ1n) is 9.39. The molecule has 0 saturated heterocycles. The fraction of sp³-hybridized carbons (Fsp3) is 0.286. The van der Waals surface area contributed by atoms with Crippen LogP contribution in [0, 0.1) is 17.7 Å². The molecule has 3 N–H and O–H groups in total. The average molecular weight is 397 g/mol. The van der Waals surface area contributed by atoms with Gasteiger partial charge in [-0.05, 0) is 42.2 Å². The number of aliphatic carboxylic acids is 1. The molecule has 0 aromatic heterocycles. The van der Waals surface area contributed by atoms with Gasteiger partial charge in [0.05, 0.1) is 17.5 Å². The molecular formula is C21H20FN3O4. The molecule has 0 radical (unpaired) electrons. The number of fused-ring (bicyclic) bond motifs is 1. The Balaban J connectivity index is 1.43. The van der Waals surface area contributed by atoms with Crippen molar-refractivity contribution >= 4 is 29.3 Å². The highest BCUT2D eigenvalue weighted by atomic mass is 19.1. The standard InChI is InChI=1S/C21H20FN3O4/c22-16-5-1-2-6-18(16)24-21(29)23-17-7-3-4-12-11-25(9-8-13(12)17)19(26)14-10-15(14)20(27)28/h1-7,14-15H,8-11H2,(H,27,28)(H2,23,24,29). The zero-order valence-electron chi connectivity index (χ0n) is 15.5. The Morgan fingerprint density at radius 3 is 2.45 bits per heavy atom. The number of para-hydroxylation sites is 1. The van der Waals surface area contributed by atoms with Gasteiger partial charge in [-0.1, -0.05) is 24.3 Å². The average Bonchev–Trinajstić information content (AvgIpc) is 3.50. The summed E-state index contributed by atoms with van der Waals surface area (Å²) in [5.74, 6) is -2.57. The Morgan fingerprint density at radius 2 is 1.72 bits per heavy atom. The van der Waals surface area contributed by atoms with Crippen molar-refractivity contribution in [1.82, 2.24) is 4.90 Å². The van der Waals surface area contributed by atoms with Gasteiger partial charge < -0.3 is 20.6 Å². The summed E-state index contributed by atoms with van der Waals surface area (Å²) in [6, 6.07) is 10.8. The van der Waals surface area contributed by atoms with Crippen LogP contribution >= 0.6 is 0 Å². The monoisotopic (exact) mass is 397 g/mol. The minimum Gasteiger partial charge on any atom is -0.481 e. The Bertz CT molecular complexity index is 994. The molecule has 2 unspecified atom stereocenters. The van der Waals surface area contributed by atoms with Crippen molar-refractivity contribution in [2.24, 2.45) is 11.8 Å². The van der Waals surface area contributed by atoms with Crippen molar-refractivity contribution in [2.45, 2.75) is 19.4 Å². The van der Waals surface area contributed by atoms with Crippen molar-refractivity contribution < 1.29 is 23.9 Å². The molecule has 4 rings (SSSR count). The van der Waals surface area contributed by atoms with E-state index in [9.17, 15) is 18.8 Å². The van der Waals surface area contributed by atoms with Gasteiger partial charge in [0.2, 0.25) is 5.91 Å². The third-order valence-electron chi connectivity index (χ3n) is 5.37. The number of carboxylic acid groups (broad SMARTS) is 1. The third-order valence-corrected chi connectivity index (χ3v) is 5.37. The van der Waals surface area contributed by atoms with E-state index in [0.29, 0.717) is 31.6 Å². The molecule has 2 atom stereocenters. The molecule has 2 aliphatic rings. The van der Waals surface area contributed by atoms with Crippen molar-refractivity contribution in [3.05, 3.63) is 59.4 Å². The lowest BCUT2D eigenvalue weighted by Crippen LogP contribution is -2.38. The molecular weight excluding hydrogens is 377 g/mol. The van der Waals surface area contributed by atoms with Gasteiger partial charge >= 0.3 is 12.0 Å². The van der Waals surface area contributed by atoms with Crippen molar-refractivity contribution in [2.75, 3.05) is 17.2 Å². The van der Waals surface area contributed by atoms with Gasteiger partial charge in [0.1, 0.15) is 5.82 Å². The van der Waals surface area contributed by atoms with Crippen LogP contribution < -0.4 is 10.6 Å². The molecule has 1 heterocycles. The highest BCUT2D eigenvalue weighted by Crippen LogP contribution is 2.41. The summed E-state index contributed by atoms with van der Waals surface area (Å²) in [6.07, 6.45) is 0.941. The van der Waals surface area contributed by atoms with Crippen molar-refractivity contribution in [3.8, 4) is 0 Å². The van der Waals surface area contributed by atoms with E-state index >= 15 is 0 Å². The Labute approximate surface area is 166 Å². The Morgan fingerprint density at radius 1 is 1.00 bits per heavy atom. The SMILES string of the molecule is O=C(Nc1ccccc1F)Nc1cccc2c1CCN(C(=O)C1CC1C(=O)O)C2. The Kier molecular flexibility index (Phi) is 4.92. The topological polar surface area (TPSA) is 98.7 Å². The van der Waals surface area contributed by atoms with Crippen LogP contribution in [-0.4, -0.2) is 34.5 Å². The quantitative estimate of drug-likeness (QED) is 0.738. The molecule has 8 heteroatoms. The summed E-state index contributed by atoms with van der Waals surface area (Å²) in [5, 5.41) is 14.3. The molecule has 0 bridgehead atoms. The van der Waals surface area contributed by atoms with Gasteiger partial charge in [0.15, 0.2) is 0 Å². The number of halogens is 1. The van der Waals surface area contributed by atoms with Crippen molar-refractivity contribution in [1.29, 1.82) is 0 Å². The van der Waals surface area contributed by atoms with Crippen LogP contribution in [0.1, 0.15) is 17.5 Å². The maximum atomic E-state index is 13.7. The summed E-state index contributed by atoms with van der Waals surface area (Å²) in [4.78, 5) is 37.5. The number of rotatable bonds is 4. The van der Waals surface area contributed by atoms with E-state index in [1.807, 2.05) is 6.07 Å². The van der Waals surface area contributed by atoms with Crippen LogP contribution in [0.5, 0.6) is 0 Å². The van der Waals surface area contributed by atoms with E-state index in [-0.39, 0.29) is 11.6 Å². The number of hydrogen-bond donors (Lipinski definition) is 3. The van der Waals surface area contributed by atoms with E-state index in [1.165, 1.54) is 12.1 Å². The highest BCUT2D eigenvalue weighted by Gasteiger charge is 2.50. The molecule has 1 saturated carbocycles. The number of carboxylic acids is 1. The van der Waals surface area contributed by atoms with Gasteiger partial charge in [-0.2, -0.15) is 0 Å². The summed E-state index contributed by atoms with van der Waals surface area (Å²) in [5.41, 5.74) is 2.52. The normalized spacial score (nSPS) is 19.8. The van der Waals surface area contributed by atoms with Gasteiger partial charge in [0.25, 0.3) is 0 Å². The lowest BCUT2D eigenvalue weighted by molar-refractivity contribution is -0.142. The maximum Gasteiger partial charge on any atom is 0.323 e. The van der Waals surface area contributed by atoms with Crippen LogP contribution in [0.2, 0.25) is 0 Å². The number of nitrogens with zero attached hydrogens (tertiary/aromatic N) is 1. The molecule has 1 aliphatic carbocycles. The van der Waals surface area contributed by atoms with E-state index in [0.717, 1.165) is 11.1 Å². The zero-order chi connectivity index (χ0) is 20.5. The largest absolute Gasteiger partial charge is 0.481 e. The molecule has 2 aromatic rings. The lowest BCUT2D eigenvalue weighted by Gasteiger charge is -2.30. The molecule has 2 aromatic carbocycles. The molecule has 29 heavy (non-hydrogen) atoms. The first-order valence-corrected chi connectivity index (χ1v) is 9.39. The number of carbonyl (C=O) groups excluding carboxylic acids is 2. The maximum absolute atomic E-state index is 13.7. The number of nitrogens with one attached hydrogen (secondary N) is 2.